The third-order valence-corrected chi connectivity index (χ3v) is 3.85. The summed E-state index contributed by atoms with van der Waals surface area (Å²) in [7, 11) is 0. The number of rotatable bonds is 3. The summed E-state index contributed by atoms with van der Waals surface area (Å²) in [6.07, 6.45) is 4.49. The summed E-state index contributed by atoms with van der Waals surface area (Å²) < 4.78 is 5.38. The van der Waals surface area contributed by atoms with Crippen LogP contribution in [-0.2, 0) is 9.59 Å². The van der Waals surface area contributed by atoms with Gasteiger partial charge in [-0.1, -0.05) is 12.2 Å². The Morgan fingerprint density at radius 1 is 1.27 bits per heavy atom. The van der Waals surface area contributed by atoms with E-state index >= 15 is 0 Å². The number of carboxylic acids is 1. The van der Waals surface area contributed by atoms with Crippen LogP contribution in [0.3, 0.4) is 0 Å². The summed E-state index contributed by atoms with van der Waals surface area (Å²) in [5.74, 6) is -1.90. The molecule has 0 saturated carbocycles. The van der Waals surface area contributed by atoms with Crippen LogP contribution in [0.4, 0.5) is 5.69 Å². The Morgan fingerprint density at radius 3 is 2.73 bits per heavy atom. The maximum Gasteiger partial charge on any atom is 0.307 e. The number of aryl methyl sites for hydroxylation is 1. The van der Waals surface area contributed by atoms with Gasteiger partial charge in [0.25, 0.3) is 0 Å². The van der Waals surface area contributed by atoms with Crippen LogP contribution in [0.2, 0.25) is 0 Å². The molecule has 3 rings (SSSR count). The van der Waals surface area contributed by atoms with Crippen molar-refractivity contribution in [3.05, 3.63) is 36.2 Å². The minimum Gasteiger partial charge on any atom is -0.481 e. The van der Waals surface area contributed by atoms with Crippen LogP contribution in [0.5, 0.6) is 0 Å². The average Bonchev–Trinajstić information content (AvgIpc) is 2.86. The second kappa shape index (κ2) is 5.63. The van der Waals surface area contributed by atoms with Crippen LogP contribution in [0.15, 0.2) is 34.8 Å². The van der Waals surface area contributed by atoms with Crippen LogP contribution >= 0.6 is 0 Å². The Kier molecular flexibility index (Phi) is 3.66. The number of carboxylic acid groups (broad SMARTS) is 1. The van der Waals surface area contributed by atoms with Crippen molar-refractivity contribution in [3.8, 4) is 0 Å². The number of anilines is 1. The highest BCUT2D eigenvalue weighted by Crippen LogP contribution is 2.28. The van der Waals surface area contributed by atoms with E-state index in [-0.39, 0.29) is 5.91 Å². The van der Waals surface area contributed by atoms with Crippen molar-refractivity contribution in [2.24, 2.45) is 11.8 Å². The van der Waals surface area contributed by atoms with Gasteiger partial charge in [-0.15, -0.1) is 0 Å². The molecule has 114 valence electrons. The third-order valence-electron chi connectivity index (χ3n) is 3.85. The number of carbonyl (C=O) groups is 2. The number of fused-ring (bicyclic) bond motifs is 1. The number of hydrogen-bond donors (Lipinski definition) is 2. The summed E-state index contributed by atoms with van der Waals surface area (Å²) in [6.45, 7) is 1.75. The smallest absolute Gasteiger partial charge is 0.307 e. The number of hydrogen-bond acceptors (Lipinski definition) is 4. The predicted octanol–water partition coefficient (Wildman–Crippen LogP) is 2.74. The fourth-order valence-electron chi connectivity index (χ4n) is 2.73. The lowest BCUT2D eigenvalue weighted by Crippen LogP contribution is -2.34. The van der Waals surface area contributed by atoms with Gasteiger partial charge in [0.05, 0.1) is 11.8 Å². The van der Waals surface area contributed by atoms with E-state index in [1.165, 1.54) is 0 Å². The molecular formula is C16H16N2O4. The molecule has 6 nitrogen and oxygen atoms in total. The Bertz CT molecular complexity index is 763. The van der Waals surface area contributed by atoms with Crippen LogP contribution in [0.1, 0.15) is 18.7 Å². The van der Waals surface area contributed by atoms with E-state index in [0.29, 0.717) is 35.5 Å². The van der Waals surface area contributed by atoms with Gasteiger partial charge in [-0.3, -0.25) is 9.59 Å². The highest BCUT2D eigenvalue weighted by Gasteiger charge is 2.33. The number of nitrogens with one attached hydrogen (secondary N) is 1. The number of carbonyl (C=O) groups excluding carboxylic acids is 1. The summed E-state index contributed by atoms with van der Waals surface area (Å²) in [4.78, 5) is 27.8. The number of aliphatic carboxylic acids is 1. The molecule has 0 spiro atoms. The standard InChI is InChI=1S/C16H16N2O4/c1-9-17-13-8-10(6-7-14(13)22-9)18-15(19)11-4-2-3-5-12(11)16(20)21/h2-3,6-8,11-12H,4-5H2,1H3,(H,18,19)(H,20,21)/t11-,12-/m0/s1. The molecular weight excluding hydrogens is 284 g/mol. The van der Waals surface area contributed by atoms with Crippen molar-refractivity contribution >= 4 is 28.7 Å². The van der Waals surface area contributed by atoms with E-state index in [1.54, 1.807) is 25.1 Å². The molecule has 22 heavy (non-hydrogen) atoms. The average molecular weight is 300 g/mol. The minimum atomic E-state index is -0.938. The Morgan fingerprint density at radius 2 is 2.00 bits per heavy atom. The summed E-state index contributed by atoms with van der Waals surface area (Å²) in [5, 5.41) is 12.0. The molecule has 1 aromatic carbocycles. The lowest BCUT2D eigenvalue weighted by atomic mass is 9.82. The zero-order valence-electron chi connectivity index (χ0n) is 12.1. The second-order valence-electron chi connectivity index (χ2n) is 5.40. The maximum atomic E-state index is 12.4. The topological polar surface area (TPSA) is 92.4 Å². The maximum absolute atomic E-state index is 12.4. The predicted molar refractivity (Wildman–Crippen MR) is 80.4 cm³/mol. The first-order chi connectivity index (χ1) is 10.5. The molecule has 1 aliphatic rings. The molecule has 0 fully saturated rings. The van der Waals surface area contributed by atoms with E-state index < -0.39 is 17.8 Å². The van der Waals surface area contributed by atoms with E-state index in [1.807, 2.05) is 12.2 Å². The van der Waals surface area contributed by atoms with Crippen LogP contribution in [0, 0.1) is 18.8 Å². The first-order valence-electron chi connectivity index (χ1n) is 7.10. The molecule has 6 heteroatoms. The van der Waals surface area contributed by atoms with Crippen molar-refractivity contribution in [2.45, 2.75) is 19.8 Å². The minimum absolute atomic E-state index is 0.281. The van der Waals surface area contributed by atoms with Gasteiger partial charge in [0.1, 0.15) is 5.52 Å². The molecule has 2 aromatic rings. The molecule has 0 aliphatic heterocycles. The van der Waals surface area contributed by atoms with Gasteiger partial charge in [0, 0.05) is 12.6 Å². The van der Waals surface area contributed by atoms with Gasteiger partial charge in [-0.05, 0) is 31.0 Å². The molecule has 1 aromatic heterocycles. The summed E-state index contributed by atoms with van der Waals surface area (Å²) >= 11 is 0. The van der Waals surface area contributed by atoms with Gasteiger partial charge in [0.15, 0.2) is 11.5 Å². The SMILES string of the molecule is Cc1nc2cc(NC(=O)[C@H]3CC=CC[C@@H]3C(=O)O)ccc2o1. The Labute approximate surface area is 126 Å². The summed E-state index contributed by atoms with van der Waals surface area (Å²) in [5.41, 5.74) is 1.90. The van der Waals surface area contributed by atoms with Gasteiger partial charge in [0.2, 0.25) is 5.91 Å². The number of oxazole rings is 1. The lowest BCUT2D eigenvalue weighted by Gasteiger charge is -2.24. The largest absolute Gasteiger partial charge is 0.481 e. The Balaban J connectivity index is 1.79. The third kappa shape index (κ3) is 2.72. The fraction of sp³-hybridized carbons (Fsp3) is 0.312. The van der Waals surface area contributed by atoms with E-state index in [9.17, 15) is 14.7 Å². The number of amides is 1. The zero-order chi connectivity index (χ0) is 15.7. The molecule has 1 aliphatic carbocycles. The molecule has 0 saturated heterocycles. The van der Waals surface area contributed by atoms with E-state index in [0.717, 1.165) is 0 Å². The van der Waals surface area contributed by atoms with Gasteiger partial charge >= 0.3 is 5.97 Å². The van der Waals surface area contributed by atoms with Crippen molar-refractivity contribution < 1.29 is 19.1 Å². The van der Waals surface area contributed by atoms with E-state index in [4.69, 9.17) is 4.42 Å². The van der Waals surface area contributed by atoms with Crippen molar-refractivity contribution in [1.82, 2.24) is 4.98 Å². The number of benzene rings is 1. The number of nitrogens with zero attached hydrogens (tertiary/aromatic N) is 1. The molecule has 0 unspecified atom stereocenters. The lowest BCUT2D eigenvalue weighted by molar-refractivity contribution is -0.146. The molecule has 1 heterocycles. The van der Waals surface area contributed by atoms with Crippen LogP contribution in [0.25, 0.3) is 11.1 Å². The van der Waals surface area contributed by atoms with Gasteiger partial charge < -0.3 is 14.8 Å². The first kappa shape index (κ1) is 14.3. The molecule has 0 radical (unpaired) electrons. The molecule has 1 amide bonds. The molecule has 0 bridgehead atoms. The van der Waals surface area contributed by atoms with Gasteiger partial charge in [-0.25, -0.2) is 4.98 Å². The fourth-order valence-corrected chi connectivity index (χ4v) is 2.73. The highest BCUT2D eigenvalue weighted by atomic mass is 16.4. The summed E-state index contributed by atoms with van der Waals surface area (Å²) in [6, 6.07) is 5.18. The van der Waals surface area contributed by atoms with E-state index in [2.05, 4.69) is 10.3 Å². The van der Waals surface area contributed by atoms with Crippen molar-refractivity contribution in [3.63, 3.8) is 0 Å². The van der Waals surface area contributed by atoms with Crippen LogP contribution in [-0.4, -0.2) is 22.0 Å². The van der Waals surface area contributed by atoms with Crippen LogP contribution < -0.4 is 5.32 Å². The van der Waals surface area contributed by atoms with Crippen molar-refractivity contribution in [1.29, 1.82) is 0 Å². The monoisotopic (exact) mass is 300 g/mol. The Hall–Kier alpha value is -2.63. The second-order valence-corrected chi connectivity index (χ2v) is 5.40. The molecule has 2 atom stereocenters. The number of aromatic nitrogens is 1. The first-order valence-corrected chi connectivity index (χ1v) is 7.10. The quantitative estimate of drug-likeness (QED) is 0.850. The zero-order valence-corrected chi connectivity index (χ0v) is 12.1. The number of allylic oxidation sites excluding steroid dienone is 2. The van der Waals surface area contributed by atoms with Crippen molar-refractivity contribution in [2.75, 3.05) is 5.32 Å². The molecule has 2 N–H and O–H groups in total. The normalized spacial score (nSPS) is 21.0. The highest BCUT2D eigenvalue weighted by molar-refractivity contribution is 5.96. The van der Waals surface area contributed by atoms with Gasteiger partial charge in [-0.2, -0.15) is 0 Å².